The molecule has 3 aromatic carbocycles. The third-order valence-electron chi connectivity index (χ3n) is 6.95. The number of nitrogens with zero attached hydrogens (tertiary/aromatic N) is 1. The minimum absolute atomic E-state index is 0.0193. The average molecular weight is 452 g/mol. The Hall–Kier alpha value is -3.66. The lowest BCUT2D eigenvalue weighted by molar-refractivity contribution is -0.120. The molecule has 4 nitrogen and oxygen atoms in total. The van der Waals surface area contributed by atoms with Gasteiger partial charge in [-0.25, -0.2) is 0 Å². The fraction of sp³-hybridized carbons (Fsp3) is 0.267. The van der Waals surface area contributed by atoms with Gasteiger partial charge in [-0.3, -0.25) is 14.5 Å². The highest BCUT2D eigenvalue weighted by Crippen LogP contribution is 2.48. The van der Waals surface area contributed by atoms with E-state index in [0.717, 1.165) is 39.4 Å². The van der Waals surface area contributed by atoms with Crippen LogP contribution in [0.4, 0.5) is 5.69 Å². The number of carbonyl (C=O) groups is 2. The number of carbonyl (C=O) groups excluding carboxylic acids is 2. The van der Waals surface area contributed by atoms with Crippen LogP contribution in [0.2, 0.25) is 0 Å². The monoisotopic (exact) mass is 451 g/mol. The minimum Gasteiger partial charge on any atom is -0.494 e. The van der Waals surface area contributed by atoms with Crippen LogP contribution in [-0.4, -0.2) is 18.3 Å². The van der Waals surface area contributed by atoms with E-state index in [2.05, 4.69) is 12.1 Å². The highest BCUT2D eigenvalue weighted by Gasteiger charge is 2.43. The first-order valence-electron chi connectivity index (χ1n) is 12.0. The summed E-state index contributed by atoms with van der Waals surface area (Å²) in [6, 6.07) is 25.9. The number of ether oxygens (including phenoxy) is 1. The maximum Gasteiger partial charge on any atom is 0.232 e. The van der Waals surface area contributed by atoms with Gasteiger partial charge in [-0.15, -0.1) is 0 Å². The Morgan fingerprint density at radius 1 is 0.853 bits per heavy atom. The zero-order valence-corrected chi connectivity index (χ0v) is 19.7. The van der Waals surface area contributed by atoms with Crippen molar-refractivity contribution in [1.29, 1.82) is 0 Å². The topological polar surface area (TPSA) is 46.6 Å². The molecule has 1 aliphatic heterocycles. The molecule has 1 amide bonds. The van der Waals surface area contributed by atoms with Crippen molar-refractivity contribution in [3.05, 3.63) is 107 Å². The largest absolute Gasteiger partial charge is 0.494 e. The van der Waals surface area contributed by atoms with Crippen molar-refractivity contribution in [3.63, 3.8) is 0 Å². The summed E-state index contributed by atoms with van der Waals surface area (Å²) in [5, 5.41) is 0. The van der Waals surface area contributed by atoms with Crippen LogP contribution in [-0.2, 0) is 9.59 Å². The third-order valence-corrected chi connectivity index (χ3v) is 6.95. The molecule has 34 heavy (non-hydrogen) atoms. The molecular formula is C30H29NO3. The molecule has 1 aliphatic carbocycles. The van der Waals surface area contributed by atoms with E-state index in [-0.39, 0.29) is 29.9 Å². The number of amides is 1. The van der Waals surface area contributed by atoms with E-state index in [0.29, 0.717) is 19.4 Å². The summed E-state index contributed by atoms with van der Waals surface area (Å²) in [6.45, 7) is 4.49. The van der Waals surface area contributed by atoms with Gasteiger partial charge >= 0.3 is 0 Å². The summed E-state index contributed by atoms with van der Waals surface area (Å²) >= 11 is 0. The van der Waals surface area contributed by atoms with Crippen molar-refractivity contribution in [2.75, 3.05) is 11.5 Å². The highest BCUT2D eigenvalue weighted by atomic mass is 16.5. The summed E-state index contributed by atoms with van der Waals surface area (Å²) in [4.78, 5) is 29.4. The second kappa shape index (κ2) is 9.30. The molecule has 5 rings (SSSR count). The van der Waals surface area contributed by atoms with Crippen LogP contribution in [0, 0.1) is 6.92 Å². The number of aryl methyl sites for hydroxylation is 1. The van der Waals surface area contributed by atoms with E-state index >= 15 is 0 Å². The van der Waals surface area contributed by atoms with E-state index in [1.54, 1.807) is 0 Å². The van der Waals surface area contributed by atoms with Crippen LogP contribution in [0.15, 0.2) is 90.1 Å². The number of rotatable bonds is 5. The van der Waals surface area contributed by atoms with Crippen LogP contribution in [0.25, 0.3) is 0 Å². The average Bonchev–Trinajstić information content (AvgIpc) is 2.85. The fourth-order valence-corrected chi connectivity index (χ4v) is 5.41. The highest BCUT2D eigenvalue weighted by molar-refractivity contribution is 6.08. The van der Waals surface area contributed by atoms with Crippen LogP contribution >= 0.6 is 0 Å². The fourth-order valence-electron chi connectivity index (χ4n) is 5.41. The summed E-state index contributed by atoms with van der Waals surface area (Å²) < 4.78 is 5.90. The van der Waals surface area contributed by atoms with Gasteiger partial charge in [0.15, 0.2) is 5.78 Å². The Morgan fingerprint density at radius 2 is 1.56 bits per heavy atom. The molecular weight excluding hydrogens is 422 g/mol. The van der Waals surface area contributed by atoms with Gasteiger partial charge in [-0.05, 0) is 49.4 Å². The molecule has 2 aliphatic rings. The van der Waals surface area contributed by atoms with Crippen molar-refractivity contribution >= 4 is 17.4 Å². The smallest absolute Gasteiger partial charge is 0.232 e. The summed E-state index contributed by atoms with van der Waals surface area (Å²) in [7, 11) is 0. The number of anilines is 1. The standard InChI is InChI=1S/C30H29NO3/c1-3-34-28-16-10-8-14-23(28)24-19-29(33)31(25-15-9-7-11-20(25)2)26-17-22(18-27(32)30(24)26)21-12-5-4-6-13-21/h4-16,22,24H,3,17-19H2,1-2H3. The maximum absolute atomic E-state index is 13.8. The van der Waals surface area contributed by atoms with E-state index in [1.807, 2.05) is 85.5 Å². The second-order valence-electron chi connectivity index (χ2n) is 9.04. The lowest BCUT2D eigenvalue weighted by Crippen LogP contribution is -2.42. The predicted molar refractivity (Wildman–Crippen MR) is 134 cm³/mol. The van der Waals surface area contributed by atoms with Gasteiger partial charge in [0, 0.05) is 35.6 Å². The van der Waals surface area contributed by atoms with Gasteiger partial charge in [-0.1, -0.05) is 66.7 Å². The van der Waals surface area contributed by atoms with Crippen molar-refractivity contribution in [1.82, 2.24) is 0 Å². The maximum atomic E-state index is 13.8. The van der Waals surface area contributed by atoms with Crippen LogP contribution in [0.5, 0.6) is 5.75 Å². The first kappa shape index (κ1) is 22.1. The molecule has 0 saturated heterocycles. The first-order chi connectivity index (χ1) is 16.6. The summed E-state index contributed by atoms with van der Waals surface area (Å²) in [6.07, 6.45) is 1.35. The third kappa shape index (κ3) is 3.94. The molecule has 0 aromatic heterocycles. The van der Waals surface area contributed by atoms with Gasteiger partial charge < -0.3 is 4.74 Å². The number of allylic oxidation sites excluding steroid dienone is 2. The second-order valence-corrected chi connectivity index (χ2v) is 9.04. The molecule has 4 heteroatoms. The lowest BCUT2D eigenvalue weighted by Gasteiger charge is -2.41. The van der Waals surface area contributed by atoms with E-state index in [9.17, 15) is 9.59 Å². The Bertz CT molecular complexity index is 1260. The van der Waals surface area contributed by atoms with Crippen molar-refractivity contribution in [2.24, 2.45) is 0 Å². The lowest BCUT2D eigenvalue weighted by atomic mass is 9.72. The first-order valence-corrected chi connectivity index (χ1v) is 12.0. The minimum atomic E-state index is -0.297. The Labute approximate surface area is 200 Å². The van der Waals surface area contributed by atoms with Crippen LogP contribution in [0.3, 0.4) is 0 Å². The van der Waals surface area contributed by atoms with Gasteiger partial charge in [0.2, 0.25) is 5.91 Å². The van der Waals surface area contributed by atoms with Crippen molar-refractivity contribution in [3.8, 4) is 5.75 Å². The molecule has 0 N–H and O–H groups in total. The van der Waals surface area contributed by atoms with Crippen molar-refractivity contribution < 1.29 is 14.3 Å². The molecule has 0 saturated carbocycles. The van der Waals surface area contributed by atoms with E-state index in [4.69, 9.17) is 4.74 Å². The number of hydrogen-bond acceptors (Lipinski definition) is 3. The van der Waals surface area contributed by atoms with Crippen LogP contribution < -0.4 is 9.64 Å². The molecule has 172 valence electrons. The molecule has 0 radical (unpaired) electrons. The Morgan fingerprint density at radius 3 is 2.32 bits per heavy atom. The zero-order chi connectivity index (χ0) is 23.7. The number of benzene rings is 3. The van der Waals surface area contributed by atoms with Gasteiger partial charge in [0.1, 0.15) is 5.75 Å². The Balaban J connectivity index is 1.68. The number of para-hydroxylation sites is 2. The van der Waals surface area contributed by atoms with Gasteiger partial charge in [-0.2, -0.15) is 0 Å². The van der Waals surface area contributed by atoms with Crippen molar-refractivity contribution in [2.45, 2.75) is 44.9 Å². The zero-order valence-electron chi connectivity index (χ0n) is 19.7. The molecule has 2 unspecified atom stereocenters. The Kier molecular flexibility index (Phi) is 6.06. The number of hydrogen-bond donors (Lipinski definition) is 0. The number of ketones is 1. The van der Waals surface area contributed by atoms with Gasteiger partial charge in [0.05, 0.1) is 12.3 Å². The van der Waals surface area contributed by atoms with Crippen LogP contribution in [0.1, 0.15) is 54.7 Å². The van der Waals surface area contributed by atoms with E-state index < -0.39 is 0 Å². The van der Waals surface area contributed by atoms with Gasteiger partial charge in [0.25, 0.3) is 0 Å². The van der Waals surface area contributed by atoms with E-state index in [1.165, 1.54) is 0 Å². The summed E-state index contributed by atoms with van der Waals surface area (Å²) in [5.41, 5.74) is 5.54. The summed E-state index contributed by atoms with van der Waals surface area (Å²) in [5.74, 6) is 0.641. The molecule has 2 atom stereocenters. The SMILES string of the molecule is CCOc1ccccc1C1CC(=O)N(c2ccccc2C)C2=C1C(=O)CC(c1ccccc1)C2. The predicted octanol–water partition coefficient (Wildman–Crippen LogP) is 6.32. The molecule has 0 fully saturated rings. The molecule has 1 heterocycles. The molecule has 0 spiro atoms. The molecule has 0 bridgehead atoms. The number of Topliss-reactive ketones (excluding diaryl/α,β-unsaturated/α-hetero) is 1. The normalized spacial score (nSPS) is 20.4. The quantitative estimate of drug-likeness (QED) is 0.456. The molecule has 3 aromatic rings.